The zero-order chi connectivity index (χ0) is 15.8. The summed E-state index contributed by atoms with van der Waals surface area (Å²) in [4.78, 5) is 4.15. The Morgan fingerprint density at radius 2 is 1.29 bits per heavy atom. The summed E-state index contributed by atoms with van der Waals surface area (Å²) >= 11 is 0. The molecule has 0 amide bonds. The van der Waals surface area contributed by atoms with Gasteiger partial charge in [0.05, 0.1) is 0 Å². The monoisotopic (exact) mass is 283 g/mol. The van der Waals surface area contributed by atoms with Gasteiger partial charge in [-0.1, -0.05) is 65.0 Å². The first-order valence-electron chi connectivity index (χ1n) is 7.95. The van der Waals surface area contributed by atoms with E-state index in [0.29, 0.717) is 11.8 Å². The van der Waals surface area contributed by atoms with Gasteiger partial charge in [0.15, 0.2) is 0 Å². The Bertz CT molecular complexity index is 480. The lowest BCUT2D eigenvalue weighted by atomic mass is 9.97. The van der Waals surface area contributed by atoms with Gasteiger partial charge >= 0.3 is 0 Å². The zero-order valence-corrected chi connectivity index (χ0v) is 14.4. The van der Waals surface area contributed by atoms with Crippen LogP contribution in [0.25, 0.3) is 0 Å². The molecule has 0 spiro atoms. The second kappa shape index (κ2) is 8.61. The summed E-state index contributed by atoms with van der Waals surface area (Å²) in [5.74, 6) is 1.29. The van der Waals surface area contributed by atoms with Crippen LogP contribution in [0.5, 0.6) is 0 Å². The minimum atomic E-state index is 0.645. The molecule has 0 saturated heterocycles. The second-order valence-corrected chi connectivity index (χ2v) is 6.14. The van der Waals surface area contributed by atoms with E-state index in [1.165, 1.54) is 16.7 Å². The summed E-state index contributed by atoms with van der Waals surface area (Å²) < 4.78 is 0. The molecular formula is C20H29N. The molecule has 0 fully saturated rings. The molecule has 1 aromatic heterocycles. The fourth-order valence-electron chi connectivity index (χ4n) is 1.97. The van der Waals surface area contributed by atoms with E-state index in [1.807, 2.05) is 19.2 Å². The van der Waals surface area contributed by atoms with E-state index >= 15 is 0 Å². The molecule has 0 aliphatic heterocycles. The van der Waals surface area contributed by atoms with Crippen LogP contribution in [-0.4, -0.2) is 4.98 Å². The van der Waals surface area contributed by atoms with Gasteiger partial charge in [-0.05, 0) is 47.9 Å². The molecule has 0 atom stereocenters. The zero-order valence-electron chi connectivity index (χ0n) is 14.4. The van der Waals surface area contributed by atoms with E-state index in [9.17, 15) is 0 Å². The second-order valence-electron chi connectivity index (χ2n) is 6.14. The van der Waals surface area contributed by atoms with Gasteiger partial charge in [-0.3, -0.25) is 4.98 Å². The number of pyridine rings is 1. The minimum Gasteiger partial charge on any atom is -0.261 e. The molecule has 1 heteroatoms. The molecule has 0 saturated carbocycles. The van der Waals surface area contributed by atoms with Crippen LogP contribution in [-0.2, 0) is 6.42 Å². The minimum absolute atomic E-state index is 0.645. The Kier molecular flexibility index (Phi) is 7.14. The lowest BCUT2D eigenvalue weighted by Gasteiger charge is -2.08. The summed E-state index contributed by atoms with van der Waals surface area (Å²) in [7, 11) is 0. The molecule has 21 heavy (non-hydrogen) atoms. The van der Waals surface area contributed by atoms with Gasteiger partial charge in [0.1, 0.15) is 0 Å². The Labute approximate surface area is 130 Å². The highest BCUT2D eigenvalue weighted by atomic mass is 14.6. The molecule has 1 aromatic carbocycles. The molecule has 2 aromatic rings. The predicted molar refractivity (Wildman–Crippen MR) is 93.0 cm³/mol. The average Bonchev–Trinajstić information content (AvgIpc) is 2.49. The summed E-state index contributed by atoms with van der Waals surface area (Å²) in [6.45, 7) is 13.0. The Balaban J connectivity index is 0.000000219. The van der Waals surface area contributed by atoms with Crippen molar-refractivity contribution in [1.82, 2.24) is 4.98 Å². The van der Waals surface area contributed by atoms with E-state index in [0.717, 1.165) is 12.1 Å². The highest BCUT2D eigenvalue weighted by Crippen LogP contribution is 2.18. The molecule has 0 unspecified atom stereocenters. The van der Waals surface area contributed by atoms with Crippen molar-refractivity contribution in [2.75, 3.05) is 0 Å². The van der Waals surface area contributed by atoms with Crippen molar-refractivity contribution in [2.24, 2.45) is 0 Å². The normalized spacial score (nSPS) is 10.5. The number of aryl methyl sites for hydroxylation is 2. The first-order valence-corrected chi connectivity index (χ1v) is 7.95. The van der Waals surface area contributed by atoms with E-state index in [4.69, 9.17) is 0 Å². The van der Waals surface area contributed by atoms with E-state index in [-0.39, 0.29) is 0 Å². The third-order valence-corrected chi connectivity index (χ3v) is 3.65. The van der Waals surface area contributed by atoms with Crippen molar-refractivity contribution in [3.63, 3.8) is 0 Å². The van der Waals surface area contributed by atoms with Gasteiger partial charge in [0.25, 0.3) is 0 Å². The highest BCUT2D eigenvalue weighted by molar-refractivity contribution is 5.26. The summed E-state index contributed by atoms with van der Waals surface area (Å²) in [5, 5.41) is 0. The largest absolute Gasteiger partial charge is 0.261 e. The molecule has 0 aliphatic rings. The molecular weight excluding hydrogens is 254 g/mol. The maximum Gasteiger partial charge on any atom is 0.0372 e. The maximum atomic E-state index is 4.15. The Hall–Kier alpha value is -1.63. The molecule has 0 N–H and O–H groups in total. The van der Waals surface area contributed by atoms with Gasteiger partial charge in [-0.2, -0.15) is 0 Å². The highest BCUT2D eigenvalue weighted by Gasteiger charge is 2.00. The summed E-state index contributed by atoms with van der Waals surface area (Å²) in [6, 6.07) is 13.1. The van der Waals surface area contributed by atoms with Crippen LogP contribution in [0, 0.1) is 6.92 Å². The predicted octanol–water partition coefficient (Wildman–Crippen LogP) is 5.89. The van der Waals surface area contributed by atoms with Crippen molar-refractivity contribution < 1.29 is 0 Å². The van der Waals surface area contributed by atoms with Gasteiger partial charge in [-0.25, -0.2) is 0 Å². The van der Waals surface area contributed by atoms with Gasteiger partial charge in [-0.15, -0.1) is 0 Å². The van der Waals surface area contributed by atoms with Crippen molar-refractivity contribution >= 4 is 0 Å². The first kappa shape index (κ1) is 17.4. The average molecular weight is 283 g/mol. The van der Waals surface area contributed by atoms with Crippen LogP contribution in [0.2, 0.25) is 0 Å². The van der Waals surface area contributed by atoms with Crippen molar-refractivity contribution in [1.29, 1.82) is 0 Å². The smallest absolute Gasteiger partial charge is 0.0372 e. The lowest BCUT2D eigenvalue weighted by Crippen LogP contribution is -1.90. The topological polar surface area (TPSA) is 12.9 Å². The Morgan fingerprint density at radius 3 is 1.57 bits per heavy atom. The van der Waals surface area contributed by atoms with Crippen molar-refractivity contribution in [3.05, 3.63) is 65.0 Å². The SMILES string of the molecule is CC(C)c1ccc(C(C)C)cc1.CCc1ccc(C)nc1. The lowest BCUT2D eigenvalue weighted by molar-refractivity contribution is 0.845. The molecule has 0 bridgehead atoms. The number of aromatic nitrogens is 1. The fraction of sp³-hybridized carbons (Fsp3) is 0.450. The van der Waals surface area contributed by atoms with Crippen LogP contribution in [0.4, 0.5) is 0 Å². The van der Waals surface area contributed by atoms with E-state index in [1.54, 1.807) is 0 Å². The first-order chi connectivity index (χ1) is 9.93. The molecule has 1 nitrogen and oxygen atoms in total. The number of hydrogen-bond acceptors (Lipinski definition) is 1. The standard InChI is InChI=1S/C12H18.C8H11N/c1-9(2)11-5-7-12(8-6-11)10(3)4;1-3-8-5-4-7(2)9-6-8/h5-10H,1-4H3;4-6H,3H2,1-2H3. The van der Waals surface area contributed by atoms with Gasteiger partial charge in [0, 0.05) is 11.9 Å². The molecule has 2 rings (SSSR count). The molecule has 0 radical (unpaired) electrons. The quantitative estimate of drug-likeness (QED) is 0.685. The number of hydrogen-bond donors (Lipinski definition) is 0. The molecule has 114 valence electrons. The van der Waals surface area contributed by atoms with Crippen LogP contribution in [0.15, 0.2) is 42.6 Å². The number of nitrogens with zero attached hydrogens (tertiary/aromatic N) is 1. The summed E-state index contributed by atoms with van der Waals surface area (Å²) in [6.07, 6.45) is 3.00. The summed E-state index contributed by atoms with van der Waals surface area (Å²) in [5.41, 5.74) is 5.26. The van der Waals surface area contributed by atoms with Gasteiger partial charge in [0.2, 0.25) is 0 Å². The Morgan fingerprint density at radius 1 is 0.810 bits per heavy atom. The van der Waals surface area contributed by atoms with Crippen LogP contribution in [0.3, 0.4) is 0 Å². The number of benzene rings is 1. The molecule has 1 heterocycles. The fourth-order valence-corrected chi connectivity index (χ4v) is 1.97. The van der Waals surface area contributed by atoms with Crippen molar-refractivity contribution in [3.8, 4) is 0 Å². The van der Waals surface area contributed by atoms with Gasteiger partial charge < -0.3 is 0 Å². The van der Waals surface area contributed by atoms with E-state index in [2.05, 4.69) is 69.9 Å². The molecule has 0 aliphatic carbocycles. The van der Waals surface area contributed by atoms with Crippen LogP contribution < -0.4 is 0 Å². The van der Waals surface area contributed by atoms with E-state index < -0.39 is 0 Å². The third-order valence-electron chi connectivity index (χ3n) is 3.65. The number of rotatable bonds is 3. The van der Waals surface area contributed by atoms with Crippen LogP contribution >= 0.6 is 0 Å². The van der Waals surface area contributed by atoms with Crippen molar-refractivity contribution in [2.45, 2.75) is 59.8 Å². The third kappa shape index (κ3) is 6.12. The maximum absolute atomic E-state index is 4.15. The van der Waals surface area contributed by atoms with Crippen LogP contribution in [0.1, 0.15) is 68.8 Å².